The van der Waals surface area contributed by atoms with Crippen molar-refractivity contribution in [1.82, 2.24) is 15.3 Å². The fourth-order valence-electron chi connectivity index (χ4n) is 3.92. The Bertz CT molecular complexity index is 1290. The number of H-pyrrole nitrogens is 2. The number of hydrogen-bond donors (Lipinski definition) is 4. The minimum absolute atomic E-state index is 0.000958. The topological polar surface area (TPSA) is 159 Å². The number of carbonyl (C=O) groups excluding carboxylic acids is 3. The summed E-state index contributed by atoms with van der Waals surface area (Å²) in [5, 5.41) is 5.24. The smallest absolute Gasteiger partial charge is 0.327 e. The molecular weight excluding hydrogens is 408 g/mol. The van der Waals surface area contributed by atoms with Gasteiger partial charge in [-0.2, -0.15) is 0 Å². The Morgan fingerprint density at radius 3 is 2.32 bits per heavy atom. The summed E-state index contributed by atoms with van der Waals surface area (Å²) < 4.78 is 10.6. The van der Waals surface area contributed by atoms with E-state index in [1.165, 1.54) is 14.2 Å². The largest absolute Gasteiger partial charge is 0.493 e. The number of hydrogen-bond acceptors (Lipinski definition) is 8. The van der Waals surface area contributed by atoms with Gasteiger partial charge in [-0.1, -0.05) is 6.07 Å². The molecule has 0 spiro atoms. The lowest BCUT2D eigenvalue weighted by molar-refractivity contribution is -0.139. The monoisotopic (exact) mass is 426 g/mol. The number of methoxy groups -OCH3 is 2. The van der Waals surface area contributed by atoms with Gasteiger partial charge in [0.1, 0.15) is 17.4 Å². The van der Waals surface area contributed by atoms with E-state index in [9.17, 15) is 24.0 Å². The van der Waals surface area contributed by atoms with Crippen LogP contribution in [0, 0.1) is 5.92 Å². The van der Waals surface area contributed by atoms with Crippen LogP contribution >= 0.6 is 0 Å². The number of benzene rings is 1. The molecule has 11 heteroatoms. The zero-order valence-corrected chi connectivity index (χ0v) is 16.7. The third kappa shape index (κ3) is 3.10. The molecule has 1 aromatic carbocycles. The summed E-state index contributed by atoms with van der Waals surface area (Å²) in [4.78, 5) is 66.8. The normalized spacial score (nSPS) is 19.7. The number of anilines is 1. The average Bonchev–Trinajstić information content (AvgIpc) is 2.71. The van der Waals surface area contributed by atoms with Gasteiger partial charge in [-0.3, -0.25) is 29.1 Å². The number of rotatable bonds is 4. The molecule has 0 radical (unpaired) electrons. The van der Waals surface area contributed by atoms with E-state index in [1.807, 2.05) is 0 Å². The molecule has 2 atom stereocenters. The molecule has 160 valence electrons. The van der Waals surface area contributed by atoms with E-state index < -0.39 is 40.6 Å². The van der Waals surface area contributed by atoms with Gasteiger partial charge in [-0.05, 0) is 24.6 Å². The zero-order chi connectivity index (χ0) is 22.4. The van der Waals surface area contributed by atoms with Crippen LogP contribution in [0.25, 0.3) is 0 Å². The third-order valence-electron chi connectivity index (χ3n) is 5.26. The zero-order valence-electron chi connectivity index (χ0n) is 16.7. The Morgan fingerprint density at radius 2 is 1.68 bits per heavy atom. The second kappa shape index (κ2) is 7.27. The number of ketones is 2. The maximum absolute atomic E-state index is 13.2. The van der Waals surface area contributed by atoms with Crippen LogP contribution in [-0.2, 0) is 14.4 Å². The van der Waals surface area contributed by atoms with Crippen molar-refractivity contribution in [3.8, 4) is 11.5 Å². The number of amides is 1. The fraction of sp³-hybridized carbons (Fsp3) is 0.250. The first-order valence-electron chi connectivity index (χ1n) is 9.22. The molecule has 2 aromatic rings. The highest BCUT2D eigenvalue weighted by Crippen LogP contribution is 2.43. The minimum Gasteiger partial charge on any atom is -0.493 e. The van der Waals surface area contributed by atoms with Gasteiger partial charge in [0.2, 0.25) is 5.91 Å². The van der Waals surface area contributed by atoms with E-state index in [-0.39, 0.29) is 22.8 Å². The molecule has 0 saturated heterocycles. The number of Topliss-reactive ketones (excluding diaryl/α,β-unsaturated/α-hetero) is 2. The van der Waals surface area contributed by atoms with Crippen molar-refractivity contribution in [2.45, 2.75) is 12.8 Å². The minimum atomic E-state index is -1.54. The molecule has 0 aliphatic carbocycles. The van der Waals surface area contributed by atoms with E-state index in [0.29, 0.717) is 17.1 Å². The van der Waals surface area contributed by atoms with E-state index in [1.54, 1.807) is 18.2 Å². The lowest BCUT2D eigenvalue weighted by Crippen LogP contribution is -2.50. The van der Waals surface area contributed by atoms with Crippen LogP contribution < -0.4 is 31.4 Å². The summed E-state index contributed by atoms with van der Waals surface area (Å²) in [5.41, 5.74) is -0.949. The average molecular weight is 426 g/mol. The van der Waals surface area contributed by atoms with Crippen LogP contribution in [0.2, 0.25) is 0 Å². The Morgan fingerprint density at radius 1 is 0.968 bits per heavy atom. The predicted octanol–water partition coefficient (Wildman–Crippen LogP) is -0.246. The lowest BCUT2D eigenvalue weighted by Gasteiger charge is -2.34. The second-order valence-corrected chi connectivity index (χ2v) is 7.06. The molecule has 2 aliphatic rings. The summed E-state index contributed by atoms with van der Waals surface area (Å²) >= 11 is 0. The molecule has 0 bridgehead atoms. The summed E-state index contributed by atoms with van der Waals surface area (Å²) in [6, 6.07) is 4.81. The molecular formula is C20H18N4O7. The van der Waals surface area contributed by atoms with Gasteiger partial charge in [0.05, 0.1) is 25.7 Å². The Labute approximate surface area is 174 Å². The lowest BCUT2D eigenvalue weighted by atomic mass is 9.76. The van der Waals surface area contributed by atoms with Gasteiger partial charge in [-0.15, -0.1) is 0 Å². The summed E-state index contributed by atoms with van der Waals surface area (Å²) in [7, 11) is 2.90. The quantitative estimate of drug-likeness (QED) is 0.487. The molecule has 3 heterocycles. The van der Waals surface area contributed by atoms with Crippen molar-refractivity contribution in [2.24, 2.45) is 5.92 Å². The van der Waals surface area contributed by atoms with Gasteiger partial charge >= 0.3 is 5.69 Å². The Kier molecular flexibility index (Phi) is 4.72. The van der Waals surface area contributed by atoms with Crippen LogP contribution in [0.1, 0.15) is 24.0 Å². The number of ether oxygens (including phenoxy) is 2. The van der Waals surface area contributed by atoms with Gasteiger partial charge in [-0.25, -0.2) is 4.79 Å². The molecule has 0 fully saturated rings. The summed E-state index contributed by atoms with van der Waals surface area (Å²) in [5.74, 6) is -3.87. The van der Waals surface area contributed by atoms with Crippen LogP contribution in [-0.4, -0.2) is 41.7 Å². The van der Waals surface area contributed by atoms with Crippen molar-refractivity contribution < 1.29 is 23.9 Å². The second-order valence-electron chi connectivity index (χ2n) is 7.06. The SMILES string of the molecule is COc1ccc(C2C3=C(NC(=O)C(C(C)=O)C3=O)Nc3[nH]c(=O)[nH]c(=O)c32)cc1OC. The Balaban J connectivity index is 2.01. The van der Waals surface area contributed by atoms with E-state index in [4.69, 9.17) is 9.47 Å². The summed E-state index contributed by atoms with van der Waals surface area (Å²) in [6.45, 7) is 1.15. The van der Waals surface area contributed by atoms with Crippen molar-refractivity contribution in [3.05, 3.63) is 61.6 Å². The Hall–Kier alpha value is -4.15. The van der Waals surface area contributed by atoms with E-state index in [0.717, 1.165) is 6.92 Å². The van der Waals surface area contributed by atoms with E-state index >= 15 is 0 Å². The van der Waals surface area contributed by atoms with Crippen molar-refractivity contribution in [3.63, 3.8) is 0 Å². The molecule has 1 aromatic heterocycles. The molecule has 11 nitrogen and oxygen atoms in total. The van der Waals surface area contributed by atoms with Crippen LogP contribution in [0.3, 0.4) is 0 Å². The first-order valence-corrected chi connectivity index (χ1v) is 9.22. The van der Waals surface area contributed by atoms with Gasteiger partial charge in [0.25, 0.3) is 5.56 Å². The number of carbonyl (C=O) groups is 3. The number of aromatic nitrogens is 2. The first kappa shape index (κ1) is 20.1. The van der Waals surface area contributed by atoms with Crippen LogP contribution in [0.5, 0.6) is 11.5 Å². The maximum atomic E-state index is 13.2. The highest BCUT2D eigenvalue weighted by molar-refractivity contribution is 6.26. The molecule has 4 N–H and O–H groups in total. The number of nitrogens with one attached hydrogen (secondary N) is 4. The third-order valence-corrected chi connectivity index (χ3v) is 5.26. The number of allylic oxidation sites excluding steroid dienone is 1. The van der Waals surface area contributed by atoms with Crippen molar-refractivity contribution >= 4 is 23.3 Å². The standard InChI is InChI=1S/C20H18N4O7/c1-7(25)11-15(26)13-12(8-4-5-9(30-2)10(6-8)31-3)14-17(21-16(13)22-18(11)27)23-20(29)24-19(14)28/h4-6,11-12H,1-3H3,(H,22,27)(H3,21,23,24,28,29). The highest BCUT2D eigenvalue weighted by atomic mass is 16.5. The molecule has 2 unspecified atom stereocenters. The molecule has 1 amide bonds. The van der Waals surface area contributed by atoms with Crippen molar-refractivity contribution in [1.29, 1.82) is 0 Å². The first-order chi connectivity index (χ1) is 14.8. The summed E-state index contributed by atoms with van der Waals surface area (Å²) in [6.07, 6.45) is 0. The van der Waals surface area contributed by atoms with Crippen molar-refractivity contribution in [2.75, 3.05) is 19.5 Å². The maximum Gasteiger partial charge on any atom is 0.327 e. The van der Waals surface area contributed by atoms with Gasteiger partial charge in [0.15, 0.2) is 23.2 Å². The molecule has 0 saturated carbocycles. The van der Waals surface area contributed by atoms with Crippen LogP contribution in [0.15, 0.2) is 39.2 Å². The fourth-order valence-corrected chi connectivity index (χ4v) is 3.92. The number of fused-ring (bicyclic) bond motifs is 1. The highest BCUT2D eigenvalue weighted by Gasteiger charge is 2.46. The van der Waals surface area contributed by atoms with Gasteiger partial charge < -0.3 is 20.1 Å². The molecule has 4 rings (SSSR count). The van der Waals surface area contributed by atoms with Crippen LogP contribution in [0.4, 0.5) is 5.82 Å². The molecule has 31 heavy (non-hydrogen) atoms. The number of aromatic amines is 2. The predicted molar refractivity (Wildman–Crippen MR) is 107 cm³/mol. The van der Waals surface area contributed by atoms with E-state index in [2.05, 4.69) is 20.6 Å². The molecule has 2 aliphatic heterocycles. The van der Waals surface area contributed by atoms with Gasteiger partial charge in [0, 0.05) is 5.57 Å².